The van der Waals surface area contributed by atoms with Crippen molar-refractivity contribution in [1.29, 1.82) is 0 Å². The molecule has 1 unspecified atom stereocenters. The minimum absolute atomic E-state index is 0.0901. The summed E-state index contributed by atoms with van der Waals surface area (Å²) in [5.74, 6) is -0.431. The van der Waals surface area contributed by atoms with Crippen molar-refractivity contribution >= 4 is 20.2 Å². The van der Waals surface area contributed by atoms with E-state index in [0.717, 1.165) is 0 Å². The fourth-order valence-electron chi connectivity index (χ4n) is 1.01. The van der Waals surface area contributed by atoms with Gasteiger partial charge in [0.05, 0.1) is 17.6 Å². The molecule has 1 aliphatic heterocycles. The van der Waals surface area contributed by atoms with Crippen LogP contribution in [0.25, 0.3) is 0 Å². The molecule has 1 heterocycles. The van der Waals surface area contributed by atoms with Crippen molar-refractivity contribution in [3.63, 3.8) is 0 Å². The fraction of sp³-hybridized carbons (Fsp3) is 1.00. The van der Waals surface area contributed by atoms with Crippen LogP contribution in [0.1, 0.15) is 6.42 Å². The fourth-order valence-corrected chi connectivity index (χ4v) is 3.19. The maximum absolute atomic E-state index is 10.8. The van der Waals surface area contributed by atoms with Crippen molar-refractivity contribution in [1.82, 2.24) is 0 Å². The Hall–Kier alpha value is -0.180. The average Bonchev–Trinajstić information content (AvgIpc) is 2.05. The lowest BCUT2D eigenvalue weighted by atomic mass is 10.3. The molecule has 1 aliphatic rings. The van der Waals surface area contributed by atoms with E-state index in [4.69, 9.17) is 4.55 Å². The number of rotatable bonds is 2. The summed E-state index contributed by atoms with van der Waals surface area (Å²) in [4.78, 5) is 0. The summed E-state index contributed by atoms with van der Waals surface area (Å²) >= 11 is 0. The molecule has 1 saturated heterocycles. The van der Waals surface area contributed by atoms with Crippen LogP contribution in [0.15, 0.2) is 0 Å². The molecule has 0 spiro atoms. The molecular formula is C4H8O6S2. The van der Waals surface area contributed by atoms with Crippen LogP contribution >= 0.6 is 0 Å². The maximum Gasteiger partial charge on any atom is 0.397 e. The van der Waals surface area contributed by atoms with Crippen LogP contribution in [0, 0.1) is 0 Å². The van der Waals surface area contributed by atoms with E-state index < -0.39 is 26.3 Å². The van der Waals surface area contributed by atoms with E-state index in [1.807, 2.05) is 0 Å². The molecule has 0 bridgehead atoms. The summed E-state index contributed by atoms with van der Waals surface area (Å²) < 4.78 is 54.1. The highest BCUT2D eigenvalue weighted by molar-refractivity contribution is 7.91. The SMILES string of the molecule is O=S1(=O)CCC(OS(=O)(=O)O)C1. The highest BCUT2D eigenvalue weighted by Crippen LogP contribution is 2.15. The monoisotopic (exact) mass is 216 g/mol. The molecule has 1 atom stereocenters. The van der Waals surface area contributed by atoms with Crippen LogP contribution in [0.3, 0.4) is 0 Å². The van der Waals surface area contributed by atoms with Gasteiger partial charge in [-0.15, -0.1) is 0 Å². The van der Waals surface area contributed by atoms with Crippen molar-refractivity contribution in [2.24, 2.45) is 0 Å². The average molecular weight is 216 g/mol. The van der Waals surface area contributed by atoms with E-state index in [2.05, 4.69) is 4.18 Å². The Morgan fingerprint density at radius 3 is 2.33 bits per heavy atom. The molecule has 6 nitrogen and oxygen atoms in total. The first-order chi connectivity index (χ1) is 5.29. The summed E-state index contributed by atoms with van der Waals surface area (Å²) in [6.07, 6.45) is -0.813. The first kappa shape index (κ1) is 9.90. The van der Waals surface area contributed by atoms with E-state index in [1.54, 1.807) is 0 Å². The Bertz CT molecular complexity index is 351. The molecule has 0 radical (unpaired) electrons. The first-order valence-electron chi connectivity index (χ1n) is 3.15. The topological polar surface area (TPSA) is 97.7 Å². The summed E-state index contributed by atoms with van der Waals surface area (Å²) in [6.45, 7) is 0. The zero-order valence-corrected chi connectivity index (χ0v) is 7.64. The van der Waals surface area contributed by atoms with E-state index >= 15 is 0 Å². The third-order valence-electron chi connectivity index (χ3n) is 1.45. The quantitative estimate of drug-likeness (QED) is 0.594. The molecule has 8 heteroatoms. The molecule has 0 amide bonds. The lowest BCUT2D eigenvalue weighted by Gasteiger charge is -2.03. The zero-order chi connectivity index (χ0) is 9.41. The number of sulfone groups is 1. The lowest BCUT2D eigenvalue weighted by Crippen LogP contribution is -2.18. The molecule has 1 fully saturated rings. The van der Waals surface area contributed by atoms with Crippen LogP contribution in [0.4, 0.5) is 0 Å². The van der Waals surface area contributed by atoms with E-state index in [1.165, 1.54) is 0 Å². The molecule has 1 N–H and O–H groups in total. The van der Waals surface area contributed by atoms with Gasteiger partial charge >= 0.3 is 10.4 Å². The van der Waals surface area contributed by atoms with Crippen LogP contribution in [-0.4, -0.2) is 39.0 Å². The molecule has 12 heavy (non-hydrogen) atoms. The Balaban J connectivity index is 2.61. The van der Waals surface area contributed by atoms with Crippen LogP contribution in [-0.2, 0) is 24.4 Å². The molecule has 0 aromatic rings. The second-order valence-electron chi connectivity index (χ2n) is 2.55. The molecule has 72 valence electrons. The highest BCUT2D eigenvalue weighted by Gasteiger charge is 2.31. The summed E-state index contributed by atoms with van der Waals surface area (Å²) in [5, 5.41) is 0. The van der Waals surface area contributed by atoms with Crippen molar-refractivity contribution in [3.05, 3.63) is 0 Å². The van der Waals surface area contributed by atoms with Crippen LogP contribution in [0.5, 0.6) is 0 Å². The molecule has 0 saturated carbocycles. The van der Waals surface area contributed by atoms with Gasteiger partial charge in [-0.1, -0.05) is 0 Å². The van der Waals surface area contributed by atoms with Crippen LogP contribution < -0.4 is 0 Å². The number of hydrogen-bond acceptors (Lipinski definition) is 5. The van der Waals surface area contributed by atoms with Gasteiger partial charge in [-0.25, -0.2) is 12.6 Å². The summed E-state index contributed by atoms with van der Waals surface area (Å²) in [5.41, 5.74) is 0. The predicted octanol–water partition coefficient (Wildman–Crippen LogP) is -1.01. The lowest BCUT2D eigenvalue weighted by molar-refractivity contribution is 0.203. The van der Waals surface area contributed by atoms with E-state index in [9.17, 15) is 16.8 Å². The van der Waals surface area contributed by atoms with Crippen LogP contribution in [0.2, 0.25) is 0 Å². The highest BCUT2D eigenvalue weighted by atomic mass is 32.3. The first-order valence-corrected chi connectivity index (χ1v) is 6.33. The van der Waals surface area contributed by atoms with Gasteiger partial charge in [0.2, 0.25) is 0 Å². The largest absolute Gasteiger partial charge is 0.397 e. The van der Waals surface area contributed by atoms with Gasteiger partial charge in [-0.3, -0.25) is 4.55 Å². The van der Waals surface area contributed by atoms with Gasteiger partial charge in [-0.2, -0.15) is 8.42 Å². The Morgan fingerprint density at radius 2 is 2.00 bits per heavy atom. The predicted molar refractivity (Wildman–Crippen MR) is 39.7 cm³/mol. The van der Waals surface area contributed by atoms with Gasteiger partial charge in [-0.05, 0) is 6.42 Å². The van der Waals surface area contributed by atoms with Gasteiger partial charge in [0.15, 0.2) is 9.84 Å². The van der Waals surface area contributed by atoms with E-state index in [-0.39, 0.29) is 17.9 Å². The molecule has 0 aliphatic carbocycles. The minimum atomic E-state index is -4.52. The normalized spacial score (nSPS) is 28.9. The molecule has 1 rings (SSSR count). The van der Waals surface area contributed by atoms with Crippen molar-refractivity contribution in [3.8, 4) is 0 Å². The standard InChI is InChI=1S/C4H8O6S2/c5-11(6)2-1-4(3-11)10-12(7,8)9/h4H,1-3H2,(H,7,8,9). The molecule has 0 aromatic carbocycles. The Morgan fingerprint density at radius 1 is 1.42 bits per heavy atom. The van der Waals surface area contributed by atoms with Gasteiger partial charge in [0, 0.05) is 0 Å². The van der Waals surface area contributed by atoms with Gasteiger partial charge < -0.3 is 0 Å². The number of hydrogen-bond donors (Lipinski definition) is 1. The van der Waals surface area contributed by atoms with E-state index in [0.29, 0.717) is 0 Å². The summed E-state index contributed by atoms with van der Waals surface area (Å²) in [7, 11) is -7.69. The van der Waals surface area contributed by atoms with Crippen molar-refractivity contribution < 1.29 is 25.6 Å². The third kappa shape index (κ3) is 3.05. The van der Waals surface area contributed by atoms with Gasteiger partial charge in [0.1, 0.15) is 0 Å². The maximum atomic E-state index is 10.8. The smallest absolute Gasteiger partial charge is 0.264 e. The Labute approximate surface area is 70.4 Å². The van der Waals surface area contributed by atoms with Crippen molar-refractivity contribution in [2.45, 2.75) is 12.5 Å². The second kappa shape index (κ2) is 2.95. The zero-order valence-electron chi connectivity index (χ0n) is 6.00. The third-order valence-corrected chi connectivity index (χ3v) is 3.70. The molecular weight excluding hydrogens is 208 g/mol. The molecule has 0 aromatic heterocycles. The van der Waals surface area contributed by atoms with Crippen molar-refractivity contribution in [2.75, 3.05) is 11.5 Å². The minimum Gasteiger partial charge on any atom is -0.264 e. The Kier molecular flexibility index (Phi) is 2.43. The van der Waals surface area contributed by atoms with Gasteiger partial charge in [0.25, 0.3) is 0 Å². The summed E-state index contributed by atoms with van der Waals surface area (Å²) in [6, 6.07) is 0. The second-order valence-corrected chi connectivity index (χ2v) is 5.83.